The standard InChI is InChI=1S/C6H12BrNO.C4H11N.C2H2Br2O/c1-3-8(4-2)6(9)5-7;1-3-5-4-2;3-1-2(4)5/h3-5H2,1-2H3;5H,3-4H2,1-2H3;1H2. The second kappa shape index (κ2) is 20.8. The maximum absolute atomic E-state index is 10.9. The molecule has 0 radical (unpaired) electrons. The molecule has 1 N–H and O–H groups in total. The molecule has 7 heteroatoms. The third-order valence-electron chi connectivity index (χ3n) is 1.84. The highest BCUT2D eigenvalue weighted by atomic mass is 79.9. The molecule has 0 saturated carbocycles. The van der Waals surface area contributed by atoms with Crippen LogP contribution in [0.4, 0.5) is 0 Å². The maximum atomic E-state index is 10.9. The number of amides is 1. The molecule has 19 heavy (non-hydrogen) atoms. The number of rotatable bonds is 6. The molecule has 0 aliphatic rings. The van der Waals surface area contributed by atoms with Crippen molar-refractivity contribution in [2.75, 3.05) is 36.8 Å². The summed E-state index contributed by atoms with van der Waals surface area (Å²) in [4.78, 5) is 22.3. The summed E-state index contributed by atoms with van der Waals surface area (Å²) in [7, 11) is 0. The van der Waals surface area contributed by atoms with Gasteiger partial charge in [0.25, 0.3) is 0 Å². The van der Waals surface area contributed by atoms with Gasteiger partial charge in [0.15, 0.2) is 0 Å². The first kappa shape index (κ1) is 24.6. The number of nitrogens with one attached hydrogen (secondary N) is 1. The van der Waals surface area contributed by atoms with E-state index in [1.807, 2.05) is 13.8 Å². The maximum Gasteiger partial charge on any atom is 0.233 e. The van der Waals surface area contributed by atoms with E-state index in [4.69, 9.17) is 0 Å². The van der Waals surface area contributed by atoms with Gasteiger partial charge >= 0.3 is 0 Å². The van der Waals surface area contributed by atoms with Gasteiger partial charge < -0.3 is 10.2 Å². The van der Waals surface area contributed by atoms with Gasteiger partial charge in [0.2, 0.25) is 10.6 Å². The summed E-state index contributed by atoms with van der Waals surface area (Å²) in [5.41, 5.74) is 0. The van der Waals surface area contributed by atoms with E-state index >= 15 is 0 Å². The molecule has 116 valence electrons. The molecule has 0 heterocycles. The van der Waals surface area contributed by atoms with Gasteiger partial charge in [0.1, 0.15) is 0 Å². The van der Waals surface area contributed by atoms with Crippen molar-refractivity contribution >= 4 is 58.4 Å². The van der Waals surface area contributed by atoms with Crippen molar-refractivity contribution in [1.29, 1.82) is 0 Å². The molecular weight excluding hydrogens is 444 g/mol. The van der Waals surface area contributed by atoms with Crippen LogP contribution in [0.25, 0.3) is 0 Å². The van der Waals surface area contributed by atoms with E-state index in [0.29, 0.717) is 10.7 Å². The van der Waals surface area contributed by atoms with Crippen LogP contribution < -0.4 is 5.32 Å². The summed E-state index contributed by atoms with van der Waals surface area (Å²) >= 11 is 8.71. The zero-order valence-electron chi connectivity index (χ0n) is 12.1. The van der Waals surface area contributed by atoms with Crippen LogP contribution in [0.15, 0.2) is 0 Å². The molecule has 0 atom stereocenters. The Morgan fingerprint density at radius 3 is 1.37 bits per heavy atom. The number of halogens is 3. The van der Waals surface area contributed by atoms with Gasteiger partial charge in [0, 0.05) is 13.1 Å². The van der Waals surface area contributed by atoms with Gasteiger partial charge in [-0.1, -0.05) is 45.7 Å². The monoisotopic (exact) mass is 466 g/mol. The topological polar surface area (TPSA) is 49.4 Å². The molecule has 0 aromatic rings. The van der Waals surface area contributed by atoms with E-state index in [9.17, 15) is 9.59 Å². The predicted molar refractivity (Wildman–Crippen MR) is 93.7 cm³/mol. The molecule has 1 amide bonds. The van der Waals surface area contributed by atoms with E-state index in [1.165, 1.54) is 0 Å². The molecule has 0 unspecified atom stereocenters. The Labute approximate surface area is 142 Å². The lowest BCUT2D eigenvalue weighted by Gasteiger charge is -2.16. The van der Waals surface area contributed by atoms with Crippen LogP contribution in [-0.2, 0) is 9.59 Å². The summed E-state index contributed by atoms with van der Waals surface area (Å²) < 4.78 is -0.0162. The number of carbonyl (C=O) groups excluding carboxylic acids is 2. The third kappa shape index (κ3) is 24.0. The molecule has 0 bridgehead atoms. The quantitative estimate of drug-likeness (QED) is 0.481. The van der Waals surface area contributed by atoms with Gasteiger partial charge in [0.05, 0.1) is 10.7 Å². The fraction of sp³-hybridized carbons (Fsp3) is 0.833. The number of alkyl halides is 2. The van der Waals surface area contributed by atoms with Gasteiger partial charge in [-0.3, -0.25) is 9.59 Å². The Bertz CT molecular complexity index is 211. The van der Waals surface area contributed by atoms with Crippen LogP contribution in [0.3, 0.4) is 0 Å². The summed E-state index contributed by atoms with van der Waals surface area (Å²) in [5.74, 6) is 0.167. The molecule has 0 saturated heterocycles. The van der Waals surface area contributed by atoms with Gasteiger partial charge in [-0.15, -0.1) is 0 Å². The predicted octanol–water partition coefficient (Wildman–Crippen LogP) is 3.17. The van der Waals surface area contributed by atoms with Crippen LogP contribution in [0.5, 0.6) is 0 Å². The SMILES string of the molecule is CCN(CC)C(=O)CBr.CCNCC.O=C(Br)CBr. The van der Waals surface area contributed by atoms with Crippen molar-refractivity contribution in [2.45, 2.75) is 27.7 Å². The van der Waals surface area contributed by atoms with Crippen LogP contribution in [-0.4, -0.2) is 52.3 Å². The van der Waals surface area contributed by atoms with Crippen molar-refractivity contribution in [3.05, 3.63) is 0 Å². The lowest BCUT2D eigenvalue weighted by Crippen LogP contribution is -2.31. The average Bonchev–Trinajstić information content (AvgIpc) is 2.42. The molecule has 0 aromatic heterocycles. The van der Waals surface area contributed by atoms with Crippen LogP contribution in [0.2, 0.25) is 0 Å². The van der Waals surface area contributed by atoms with Crippen molar-refractivity contribution in [1.82, 2.24) is 10.2 Å². The van der Waals surface area contributed by atoms with Crippen molar-refractivity contribution in [3.63, 3.8) is 0 Å². The number of hydrogen-bond acceptors (Lipinski definition) is 3. The Kier molecular flexibility index (Phi) is 26.9. The Morgan fingerprint density at radius 2 is 1.32 bits per heavy atom. The largest absolute Gasteiger partial charge is 0.343 e. The van der Waals surface area contributed by atoms with Gasteiger partial charge in [-0.2, -0.15) is 0 Å². The zero-order valence-corrected chi connectivity index (χ0v) is 16.9. The third-order valence-corrected chi connectivity index (χ3v) is 3.86. The van der Waals surface area contributed by atoms with E-state index in [1.54, 1.807) is 4.90 Å². The molecule has 4 nitrogen and oxygen atoms in total. The number of hydrogen-bond donors (Lipinski definition) is 1. The molecule has 0 aromatic carbocycles. The summed E-state index contributed by atoms with van der Waals surface area (Å²) in [5, 5.41) is 3.95. The molecular formula is C12H25Br3N2O2. The number of carbonyl (C=O) groups is 2. The van der Waals surface area contributed by atoms with E-state index < -0.39 is 0 Å². The highest BCUT2D eigenvalue weighted by Crippen LogP contribution is 1.91. The molecule has 0 fully saturated rings. The fourth-order valence-corrected chi connectivity index (χ4v) is 1.27. The first-order valence-electron chi connectivity index (χ1n) is 6.23. The summed E-state index contributed by atoms with van der Waals surface area (Å²) in [6, 6.07) is 0. The van der Waals surface area contributed by atoms with Crippen LogP contribution in [0.1, 0.15) is 27.7 Å². The molecule has 0 rings (SSSR count). The zero-order chi connectivity index (χ0) is 15.7. The first-order chi connectivity index (χ1) is 8.94. The Morgan fingerprint density at radius 1 is 0.947 bits per heavy atom. The molecule has 0 spiro atoms. The minimum atomic E-state index is -0.0162. The lowest BCUT2D eigenvalue weighted by molar-refractivity contribution is -0.127. The average molecular weight is 469 g/mol. The first-order valence-corrected chi connectivity index (χ1v) is 9.27. The Hall–Kier alpha value is 0.540. The highest BCUT2D eigenvalue weighted by molar-refractivity contribution is 9.19. The van der Waals surface area contributed by atoms with Gasteiger partial charge in [-0.25, -0.2) is 0 Å². The summed E-state index contributed by atoms with van der Waals surface area (Å²) in [6.07, 6.45) is 0. The fourth-order valence-electron chi connectivity index (χ4n) is 0.911. The highest BCUT2D eigenvalue weighted by Gasteiger charge is 2.05. The lowest BCUT2D eigenvalue weighted by atomic mass is 10.5. The minimum Gasteiger partial charge on any atom is -0.343 e. The van der Waals surface area contributed by atoms with E-state index in [0.717, 1.165) is 26.2 Å². The second-order valence-electron chi connectivity index (χ2n) is 3.15. The van der Waals surface area contributed by atoms with E-state index in [2.05, 4.69) is 67.0 Å². The van der Waals surface area contributed by atoms with Crippen molar-refractivity contribution < 1.29 is 9.59 Å². The molecule has 0 aliphatic heterocycles. The van der Waals surface area contributed by atoms with Crippen molar-refractivity contribution in [3.8, 4) is 0 Å². The van der Waals surface area contributed by atoms with Gasteiger partial charge in [-0.05, 0) is 42.9 Å². The minimum absolute atomic E-state index is 0.0162. The van der Waals surface area contributed by atoms with Crippen LogP contribution >= 0.6 is 47.8 Å². The van der Waals surface area contributed by atoms with Crippen molar-refractivity contribution in [2.24, 2.45) is 0 Å². The van der Waals surface area contributed by atoms with Crippen LogP contribution in [0, 0.1) is 0 Å². The second-order valence-corrected chi connectivity index (χ2v) is 5.15. The van der Waals surface area contributed by atoms with E-state index in [-0.39, 0.29) is 10.6 Å². The number of nitrogens with zero attached hydrogens (tertiary/aromatic N) is 1. The Balaban J connectivity index is -0.000000219. The smallest absolute Gasteiger partial charge is 0.233 e. The normalized spacial score (nSPS) is 8.58. The summed E-state index contributed by atoms with van der Waals surface area (Å²) in [6.45, 7) is 12.0. The molecule has 0 aliphatic carbocycles.